The second kappa shape index (κ2) is 4.88. The van der Waals surface area contributed by atoms with Gasteiger partial charge in [-0.3, -0.25) is 4.98 Å². The number of aromatic nitrogens is 2. The minimum absolute atomic E-state index is 0.292. The third-order valence-corrected chi connectivity index (χ3v) is 2.24. The SMILES string of the molecule is Cc1cc(F)ccc1Oc1cnc(CN)cn1. The van der Waals surface area contributed by atoms with Crippen molar-refractivity contribution in [3.63, 3.8) is 0 Å². The number of aryl methyl sites for hydroxylation is 1. The first-order valence-corrected chi connectivity index (χ1v) is 5.14. The molecule has 88 valence electrons. The second-order valence-electron chi connectivity index (χ2n) is 3.56. The van der Waals surface area contributed by atoms with Gasteiger partial charge in [-0.2, -0.15) is 0 Å². The third-order valence-electron chi connectivity index (χ3n) is 2.24. The Balaban J connectivity index is 2.19. The number of hydrogen-bond donors (Lipinski definition) is 1. The molecular weight excluding hydrogens is 221 g/mol. The summed E-state index contributed by atoms with van der Waals surface area (Å²) in [6.45, 7) is 2.10. The zero-order valence-corrected chi connectivity index (χ0v) is 9.35. The van der Waals surface area contributed by atoms with Crippen LogP contribution >= 0.6 is 0 Å². The molecule has 17 heavy (non-hydrogen) atoms. The van der Waals surface area contributed by atoms with E-state index >= 15 is 0 Å². The van der Waals surface area contributed by atoms with Crippen molar-refractivity contribution in [1.29, 1.82) is 0 Å². The van der Waals surface area contributed by atoms with Crippen LogP contribution in [0, 0.1) is 12.7 Å². The molecule has 0 unspecified atom stereocenters. The van der Waals surface area contributed by atoms with E-state index in [1.54, 1.807) is 19.2 Å². The molecule has 0 fully saturated rings. The smallest absolute Gasteiger partial charge is 0.237 e. The Hall–Kier alpha value is -2.01. The summed E-state index contributed by atoms with van der Waals surface area (Å²) in [5.41, 5.74) is 6.80. The van der Waals surface area contributed by atoms with Gasteiger partial charge in [0.25, 0.3) is 0 Å². The second-order valence-corrected chi connectivity index (χ2v) is 3.56. The highest BCUT2D eigenvalue weighted by molar-refractivity contribution is 5.35. The van der Waals surface area contributed by atoms with Crippen LogP contribution in [0.15, 0.2) is 30.6 Å². The Bertz CT molecular complexity index is 514. The lowest BCUT2D eigenvalue weighted by Crippen LogP contribution is -2.00. The van der Waals surface area contributed by atoms with E-state index in [0.717, 1.165) is 0 Å². The van der Waals surface area contributed by atoms with Crippen molar-refractivity contribution in [3.05, 3.63) is 47.7 Å². The van der Waals surface area contributed by atoms with E-state index in [2.05, 4.69) is 9.97 Å². The number of nitrogens with zero attached hydrogens (tertiary/aromatic N) is 2. The lowest BCUT2D eigenvalue weighted by molar-refractivity contribution is 0.454. The molecule has 1 aromatic heterocycles. The summed E-state index contributed by atoms with van der Waals surface area (Å²) in [6.07, 6.45) is 3.04. The van der Waals surface area contributed by atoms with Gasteiger partial charge in [-0.1, -0.05) is 0 Å². The minimum atomic E-state index is -0.292. The summed E-state index contributed by atoms with van der Waals surface area (Å²) in [5, 5.41) is 0. The Morgan fingerprint density at radius 1 is 1.29 bits per heavy atom. The van der Waals surface area contributed by atoms with Crippen LogP contribution in [-0.4, -0.2) is 9.97 Å². The molecule has 0 aliphatic carbocycles. The van der Waals surface area contributed by atoms with E-state index < -0.39 is 0 Å². The third kappa shape index (κ3) is 2.76. The highest BCUT2D eigenvalue weighted by Gasteiger charge is 2.04. The summed E-state index contributed by atoms with van der Waals surface area (Å²) in [6, 6.07) is 4.30. The Morgan fingerprint density at radius 2 is 2.12 bits per heavy atom. The van der Waals surface area contributed by atoms with E-state index in [1.165, 1.54) is 18.3 Å². The van der Waals surface area contributed by atoms with Crippen LogP contribution in [0.25, 0.3) is 0 Å². The minimum Gasteiger partial charge on any atom is -0.437 e. The lowest BCUT2D eigenvalue weighted by Gasteiger charge is -2.07. The van der Waals surface area contributed by atoms with Crippen LogP contribution in [0.1, 0.15) is 11.3 Å². The van der Waals surface area contributed by atoms with Crippen molar-refractivity contribution in [1.82, 2.24) is 9.97 Å². The molecule has 0 spiro atoms. The molecule has 2 aromatic rings. The predicted octanol–water partition coefficient (Wildman–Crippen LogP) is 2.18. The van der Waals surface area contributed by atoms with Crippen LogP contribution in [-0.2, 0) is 6.54 Å². The van der Waals surface area contributed by atoms with Crippen molar-refractivity contribution >= 4 is 0 Å². The number of hydrogen-bond acceptors (Lipinski definition) is 4. The highest BCUT2D eigenvalue weighted by Crippen LogP contribution is 2.23. The molecule has 0 aliphatic rings. The predicted molar refractivity (Wildman–Crippen MR) is 61.1 cm³/mol. The zero-order valence-electron chi connectivity index (χ0n) is 9.35. The first-order chi connectivity index (χ1) is 8.19. The first kappa shape index (κ1) is 11.5. The quantitative estimate of drug-likeness (QED) is 0.882. The molecule has 1 heterocycles. The van der Waals surface area contributed by atoms with Crippen molar-refractivity contribution in [2.24, 2.45) is 5.73 Å². The summed E-state index contributed by atoms with van der Waals surface area (Å²) < 4.78 is 18.4. The van der Waals surface area contributed by atoms with E-state index in [9.17, 15) is 4.39 Å². The molecule has 2 N–H and O–H groups in total. The molecular formula is C12H12FN3O. The van der Waals surface area contributed by atoms with Crippen LogP contribution in [0.2, 0.25) is 0 Å². The molecule has 0 aliphatic heterocycles. The molecule has 4 nitrogen and oxygen atoms in total. The van der Waals surface area contributed by atoms with E-state index in [1.807, 2.05) is 0 Å². The molecule has 1 aromatic carbocycles. The number of halogens is 1. The van der Waals surface area contributed by atoms with Gasteiger partial charge in [-0.25, -0.2) is 9.37 Å². The van der Waals surface area contributed by atoms with Crippen LogP contribution in [0.5, 0.6) is 11.6 Å². The van der Waals surface area contributed by atoms with Crippen LogP contribution < -0.4 is 10.5 Å². The van der Waals surface area contributed by atoms with Gasteiger partial charge in [-0.05, 0) is 30.7 Å². The van der Waals surface area contributed by atoms with E-state index in [-0.39, 0.29) is 5.82 Å². The molecule has 0 bridgehead atoms. The maximum atomic E-state index is 12.9. The van der Waals surface area contributed by atoms with E-state index in [0.29, 0.717) is 29.4 Å². The first-order valence-electron chi connectivity index (χ1n) is 5.14. The summed E-state index contributed by atoms with van der Waals surface area (Å²) in [5.74, 6) is 0.623. The lowest BCUT2D eigenvalue weighted by atomic mass is 10.2. The molecule has 0 atom stereocenters. The van der Waals surface area contributed by atoms with Crippen molar-refractivity contribution < 1.29 is 9.13 Å². The molecule has 2 rings (SSSR count). The molecule has 0 saturated carbocycles. The fourth-order valence-corrected chi connectivity index (χ4v) is 1.34. The average molecular weight is 233 g/mol. The average Bonchev–Trinajstić information content (AvgIpc) is 2.34. The Morgan fingerprint density at radius 3 is 2.71 bits per heavy atom. The zero-order chi connectivity index (χ0) is 12.3. The monoisotopic (exact) mass is 233 g/mol. The number of benzene rings is 1. The van der Waals surface area contributed by atoms with Gasteiger partial charge in [0.2, 0.25) is 5.88 Å². The van der Waals surface area contributed by atoms with Crippen molar-refractivity contribution in [2.75, 3.05) is 0 Å². The van der Waals surface area contributed by atoms with Crippen molar-refractivity contribution in [3.8, 4) is 11.6 Å². The van der Waals surface area contributed by atoms with Gasteiger partial charge in [0.1, 0.15) is 11.6 Å². The number of rotatable bonds is 3. The topological polar surface area (TPSA) is 61.0 Å². The summed E-state index contributed by atoms with van der Waals surface area (Å²) >= 11 is 0. The van der Waals surface area contributed by atoms with Gasteiger partial charge < -0.3 is 10.5 Å². The fourth-order valence-electron chi connectivity index (χ4n) is 1.34. The van der Waals surface area contributed by atoms with Gasteiger partial charge in [0.05, 0.1) is 18.1 Å². The summed E-state index contributed by atoms with van der Waals surface area (Å²) in [7, 11) is 0. The normalized spacial score (nSPS) is 10.3. The highest BCUT2D eigenvalue weighted by atomic mass is 19.1. The molecule has 0 saturated heterocycles. The molecule has 0 amide bonds. The molecule has 0 radical (unpaired) electrons. The van der Waals surface area contributed by atoms with Gasteiger partial charge in [-0.15, -0.1) is 0 Å². The van der Waals surface area contributed by atoms with Crippen LogP contribution in [0.3, 0.4) is 0 Å². The number of nitrogens with two attached hydrogens (primary N) is 1. The summed E-state index contributed by atoms with van der Waals surface area (Å²) in [4.78, 5) is 8.10. The standard InChI is InChI=1S/C12H12FN3O/c1-8-4-9(13)2-3-11(8)17-12-7-15-10(5-14)6-16-12/h2-4,6-7H,5,14H2,1H3. The number of ether oxygens (including phenoxy) is 1. The van der Waals surface area contributed by atoms with Gasteiger partial charge in [0, 0.05) is 6.54 Å². The largest absolute Gasteiger partial charge is 0.437 e. The van der Waals surface area contributed by atoms with Gasteiger partial charge >= 0.3 is 0 Å². The maximum Gasteiger partial charge on any atom is 0.237 e. The van der Waals surface area contributed by atoms with Gasteiger partial charge in [0.15, 0.2) is 0 Å². The maximum absolute atomic E-state index is 12.9. The van der Waals surface area contributed by atoms with Crippen molar-refractivity contribution in [2.45, 2.75) is 13.5 Å². The van der Waals surface area contributed by atoms with Crippen LogP contribution in [0.4, 0.5) is 4.39 Å². The Kier molecular flexibility index (Phi) is 3.30. The molecule has 5 heteroatoms. The van der Waals surface area contributed by atoms with E-state index in [4.69, 9.17) is 10.5 Å². The Labute approximate surface area is 98.3 Å². The fraction of sp³-hybridized carbons (Fsp3) is 0.167.